The summed E-state index contributed by atoms with van der Waals surface area (Å²) in [6.45, 7) is 3.96. The van der Waals surface area contributed by atoms with Crippen LogP contribution >= 0.6 is 22.9 Å². The summed E-state index contributed by atoms with van der Waals surface area (Å²) in [4.78, 5) is 18.3. The highest BCUT2D eigenvalue weighted by atomic mass is 35.5. The zero-order valence-electron chi connectivity index (χ0n) is 10.6. The maximum Gasteiger partial charge on any atom is 0.253 e. The van der Waals surface area contributed by atoms with Crippen molar-refractivity contribution < 1.29 is 4.79 Å². The average molecular weight is 296 g/mol. The first-order chi connectivity index (χ1) is 8.97. The third kappa shape index (κ3) is 3.24. The second-order valence-electron chi connectivity index (χ2n) is 4.23. The lowest BCUT2D eigenvalue weighted by molar-refractivity contribution is 0.0940. The number of carbonyl (C=O) groups excluding carboxylic acids is 1. The van der Waals surface area contributed by atoms with E-state index in [0.29, 0.717) is 10.6 Å². The van der Waals surface area contributed by atoms with Gasteiger partial charge in [0.2, 0.25) is 0 Å². The zero-order chi connectivity index (χ0) is 14.0. The second-order valence-corrected chi connectivity index (χ2v) is 5.96. The molecule has 2 aromatic rings. The van der Waals surface area contributed by atoms with Crippen LogP contribution in [0.3, 0.4) is 0 Å². The number of amides is 1. The maximum atomic E-state index is 12.1. The third-order valence-corrected chi connectivity index (χ3v) is 4.14. The minimum atomic E-state index is -0.252. The Morgan fingerprint density at radius 3 is 2.89 bits per heavy atom. The van der Waals surface area contributed by atoms with E-state index in [1.165, 1.54) is 17.1 Å². The van der Waals surface area contributed by atoms with E-state index in [-0.39, 0.29) is 17.8 Å². The fourth-order valence-electron chi connectivity index (χ4n) is 1.66. The van der Waals surface area contributed by atoms with Crippen LogP contribution in [-0.4, -0.2) is 10.9 Å². The fourth-order valence-corrected chi connectivity index (χ4v) is 2.73. The van der Waals surface area contributed by atoms with E-state index in [9.17, 15) is 4.79 Å². The molecule has 0 bridgehead atoms. The first kappa shape index (κ1) is 13.8. The highest BCUT2D eigenvalue weighted by Crippen LogP contribution is 2.23. The molecule has 4 nitrogen and oxygen atoms in total. The van der Waals surface area contributed by atoms with Crippen molar-refractivity contribution in [3.05, 3.63) is 44.7 Å². The number of rotatable bonds is 3. The molecule has 0 aliphatic carbocycles. The Morgan fingerprint density at radius 2 is 2.26 bits per heavy atom. The Kier molecular flexibility index (Phi) is 4.07. The Morgan fingerprint density at radius 1 is 1.53 bits per heavy atom. The van der Waals surface area contributed by atoms with Crippen LogP contribution in [0.4, 0.5) is 5.82 Å². The molecule has 100 valence electrons. The fraction of sp³-hybridized carbons (Fsp3) is 0.231. The summed E-state index contributed by atoms with van der Waals surface area (Å²) < 4.78 is 0. The third-order valence-electron chi connectivity index (χ3n) is 2.66. The molecule has 3 N–H and O–H groups in total. The molecule has 0 aliphatic heterocycles. The first-order valence-electron chi connectivity index (χ1n) is 5.75. The van der Waals surface area contributed by atoms with Gasteiger partial charge < -0.3 is 11.1 Å². The zero-order valence-corrected chi connectivity index (χ0v) is 12.2. The molecule has 0 spiro atoms. The number of aryl methyl sites for hydroxylation is 1. The number of nitrogens with two attached hydrogens (primary N) is 1. The average Bonchev–Trinajstić information content (AvgIpc) is 2.79. The van der Waals surface area contributed by atoms with Gasteiger partial charge in [0.05, 0.1) is 16.6 Å². The van der Waals surface area contributed by atoms with Crippen LogP contribution in [0.1, 0.15) is 33.1 Å². The van der Waals surface area contributed by atoms with Crippen LogP contribution in [0, 0.1) is 6.92 Å². The van der Waals surface area contributed by atoms with Crippen molar-refractivity contribution in [2.45, 2.75) is 19.9 Å². The molecule has 0 aromatic carbocycles. The SMILES string of the molecule is Cc1ccc(C(C)NC(=O)c2cc(N)ncc2Cl)s1. The van der Waals surface area contributed by atoms with E-state index < -0.39 is 0 Å². The van der Waals surface area contributed by atoms with Crippen molar-refractivity contribution in [2.24, 2.45) is 0 Å². The van der Waals surface area contributed by atoms with E-state index in [2.05, 4.69) is 10.3 Å². The van der Waals surface area contributed by atoms with Crippen molar-refractivity contribution in [3.8, 4) is 0 Å². The summed E-state index contributed by atoms with van der Waals surface area (Å²) in [6, 6.07) is 5.44. The standard InChI is InChI=1S/C13H14ClN3OS/c1-7-3-4-11(19-7)8(2)17-13(18)9-5-12(15)16-6-10(9)14/h3-6,8H,1-2H3,(H2,15,16)(H,17,18). The molecule has 0 radical (unpaired) electrons. The van der Waals surface area contributed by atoms with E-state index in [4.69, 9.17) is 17.3 Å². The topological polar surface area (TPSA) is 68.0 Å². The molecule has 19 heavy (non-hydrogen) atoms. The monoisotopic (exact) mass is 295 g/mol. The van der Waals surface area contributed by atoms with Gasteiger partial charge in [-0.25, -0.2) is 4.98 Å². The van der Waals surface area contributed by atoms with Gasteiger partial charge in [-0.05, 0) is 32.0 Å². The Labute approximate surface area is 120 Å². The number of carbonyl (C=O) groups is 1. The van der Waals surface area contributed by atoms with Crippen molar-refractivity contribution in [3.63, 3.8) is 0 Å². The van der Waals surface area contributed by atoms with Crippen LogP contribution < -0.4 is 11.1 Å². The largest absolute Gasteiger partial charge is 0.384 e. The normalized spacial score (nSPS) is 12.2. The molecule has 2 rings (SSSR count). The number of nitrogen functional groups attached to an aromatic ring is 1. The number of hydrogen-bond acceptors (Lipinski definition) is 4. The number of halogens is 1. The summed E-state index contributed by atoms with van der Waals surface area (Å²) in [5.41, 5.74) is 5.90. The molecule has 1 atom stereocenters. The summed E-state index contributed by atoms with van der Waals surface area (Å²) in [7, 11) is 0. The molecule has 0 aliphatic rings. The van der Waals surface area contributed by atoms with E-state index >= 15 is 0 Å². The number of hydrogen-bond donors (Lipinski definition) is 2. The molecule has 2 aromatic heterocycles. The quantitative estimate of drug-likeness (QED) is 0.914. The van der Waals surface area contributed by atoms with Crippen LogP contribution in [0.25, 0.3) is 0 Å². The molecule has 0 saturated heterocycles. The molecule has 2 heterocycles. The minimum absolute atomic E-state index is 0.0725. The van der Waals surface area contributed by atoms with Gasteiger partial charge in [0.15, 0.2) is 0 Å². The van der Waals surface area contributed by atoms with Crippen LogP contribution in [0.2, 0.25) is 5.02 Å². The van der Waals surface area contributed by atoms with Crippen LogP contribution in [0.5, 0.6) is 0 Å². The van der Waals surface area contributed by atoms with Gasteiger partial charge >= 0.3 is 0 Å². The highest BCUT2D eigenvalue weighted by Gasteiger charge is 2.15. The summed E-state index contributed by atoms with van der Waals surface area (Å²) in [5, 5.41) is 3.19. The summed E-state index contributed by atoms with van der Waals surface area (Å²) in [5.74, 6) is 0.0202. The van der Waals surface area contributed by atoms with Gasteiger partial charge in [-0.3, -0.25) is 4.79 Å². The van der Waals surface area contributed by atoms with Gasteiger partial charge in [0.1, 0.15) is 5.82 Å². The van der Waals surface area contributed by atoms with Crippen molar-refractivity contribution in [2.75, 3.05) is 5.73 Å². The first-order valence-corrected chi connectivity index (χ1v) is 6.95. The molecular weight excluding hydrogens is 282 g/mol. The van der Waals surface area contributed by atoms with Gasteiger partial charge in [-0.2, -0.15) is 0 Å². The van der Waals surface area contributed by atoms with E-state index in [1.807, 2.05) is 26.0 Å². The molecule has 0 fully saturated rings. The molecule has 1 amide bonds. The predicted molar refractivity (Wildman–Crippen MR) is 78.6 cm³/mol. The van der Waals surface area contributed by atoms with Crippen molar-refractivity contribution in [1.29, 1.82) is 0 Å². The molecule has 1 unspecified atom stereocenters. The molecule has 6 heteroatoms. The summed E-state index contributed by atoms with van der Waals surface area (Å²) >= 11 is 7.60. The maximum absolute atomic E-state index is 12.1. The van der Waals surface area contributed by atoms with Crippen molar-refractivity contribution >= 4 is 34.7 Å². The van der Waals surface area contributed by atoms with Gasteiger partial charge in [0, 0.05) is 16.0 Å². The number of thiophene rings is 1. The number of pyridine rings is 1. The summed E-state index contributed by atoms with van der Waals surface area (Å²) in [6.07, 6.45) is 1.38. The highest BCUT2D eigenvalue weighted by molar-refractivity contribution is 7.12. The van der Waals surface area contributed by atoms with Gasteiger partial charge in [0.25, 0.3) is 5.91 Å². The minimum Gasteiger partial charge on any atom is -0.384 e. The second kappa shape index (κ2) is 5.59. The number of aromatic nitrogens is 1. The van der Waals surface area contributed by atoms with Gasteiger partial charge in [-0.15, -0.1) is 11.3 Å². The molecular formula is C13H14ClN3OS. The number of nitrogens with one attached hydrogen (secondary N) is 1. The van der Waals surface area contributed by atoms with Crippen LogP contribution in [0.15, 0.2) is 24.4 Å². The van der Waals surface area contributed by atoms with E-state index in [1.54, 1.807) is 11.3 Å². The lowest BCUT2D eigenvalue weighted by Crippen LogP contribution is -2.26. The van der Waals surface area contributed by atoms with E-state index in [0.717, 1.165) is 4.88 Å². The lowest BCUT2D eigenvalue weighted by Gasteiger charge is -2.13. The predicted octanol–water partition coefficient (Wildman–Crippen LogP) is 3.18. The Hall–Kier alpha value is -1.59. The number of anilines is 1. The number of nitrogens with zero attached hydrogens (tertiary/aromatic N) is 1. The van der Waals surface area contributed by atoms with Crippen LogP contribution in [-0.2, 0) is 0 Å². The molecule has 0 saturated carbocycles. The van der Waals surface area contributed by atoms with Gasteiger partial charge in [-0.1, -0.05) is 11.6 Å². The van der Waals surface area contributed by atoms with Crippen molar-refractivity contribution in [1.82, 2.24) is 10.3 Å². The lowest BCUT2D eigenvalue weighted by atomic mass is 10.2. The smallest absolute Gasteiger partial charge is 0.253 e. The Balaban J connectivity index is 2.15. The Bertz CT molecular complexity index is 612.